The molecule has 1 aliphatic heterocycles. The summed E-state index contributed by atoms with van der Waals surface area (Å²) < 4.78 is 6.60. The summed E-state index contributed by atoms with van der Waals surface area (Å²) in [5.41, 5.74) is 11.6. The maximum absolute atomic E-state index is 11.6. The number of aliphatic carboxylic acids is 1. The Morgan fingerprint density at radius 1 is 1.04 bits per heavy atom. The lowest BCUT2D eigenvalue weighted by molar-refractivity contribution is -0.166. The fraction of sp³-hybridized carbons (Fsp3) is 0.605. The fourth-order valence-corrected chi connectivity index (χ4v) is 11.5. The third-order valence-corrected chi connectivity index (χ3v) is 14.1. The first-order valence-corrected chi connectivity index (χ1v) is 18.4. The van der Waals surface area contributed by atoms with Crippen molar-refractivity contribution in [3.05, 3.63) is 69.0 Å². The summed E-state index contributed by atoms with van der Waals surface area (Å²) in [5, 5.41) is 22.5. The molecule has 4 aliphatic carbocycles. The Morgan fingerprint density at radius 2 is 1.77 bits per heavy atom. The average Bonchev–Trinajstić information content (AvgIpc) is 3.62. The molecule has 1 aromatic heterocycles. The Hall–Kier alpha value is -2.89. The number of ether oxygens (including phenoxy) is 1. The number of rotatable bonds is 6. The van der Waals surface area contributed by atoms with Crippen LogP contribution in [0.15, 0.2) is 41.0 Å². The van der Waals surface area contributed by atoms with E-state index in [9.17, 15) is 15.0 Å². The molecule has 5 nitrogen and oxygen atoms in total. The minimum Gasteiger partial charge on any atom is -0.478 e. The van der Waals surface area contributed by atoms with Crippen LogP contribution in [0.25, 0.3) is 22.6 Å². The van der Waals surface area contributed by atoms with Crippen molar-refractivity contribution in [2.24, 2.45) is 22.7 Å². The summed E-state index contributed by atoms with van der Waals surface area (Å²) in [4.78, 5) is 15.7. The lowest BCUT2D eigenvalue weighted by Gasteiger charge is -2.65. The zero-order chi connectivity index (χ0) is 34.8. The van der Waals surface area contributed by atoms with Crippen LogP contribution in [0.1, 0.15) is 136 Å². The zero-order valence-corrected chi connectivity index (χ0v) is 31.0. The Kier molecular flexibility index (Phi) is 7.56. The van der Waals surface area contributed by atoms with Crippen LogP contribution in [0.2, 0.25) is 0 Å². The number of aromatic nitrogens is 1. The molecule has 48 heavy (non-hydrogen) atoms. The highest BCUT2D eigenvalue weighted by Gasteiger charge is 2.66. The highest BCUT2D eigenvalue weighted by atomic mass is 16.5. The van der Waals surface area contributed by atoms with Crippen LogP contribution in [0, 0.1) is 22.7 Å². The van der Waals surface area contributed by atoms with Crippen molar-refractivity contribution in [2.75, 3.05) is 0 Å². The Labute approximate surface area is 287 Å². The van der Waals surface area contributed by atoms with Crippen LogP contribution < -0.4 is 0 Å². The third kappa shape index (κ3) is 4.66. The van der Waals surface area contributed by atoms with Gasteiger partial charge in [-0.25, -0.2) is 4.79 Å². The standard InChI is InChI=1S/C43H57NO4/c1-24(2)13-15-27-29-22-33-32(23-39(4,5)48-40(33,6)7)28(29)21-30-31-20-26-14-16-34-41(8,18-11-12-25(3)38(46)47)35(45)17-19-42(34,9)43(26,10)37(31)44-36(27)30/h12-13,21-23,26,34-35,44-45H,11,14-20H2,1-10H3,(H,46,47)/b25-12-/t26-,34-,35-,41-,42-,43+/m0/s1. The van der Waals surface area contributed by atoms with Gasteiger partial charge in [-0.3, -0.25) is 0 Å². The van der Waals surface area contributed by atoms with E-state index in [2.05, 4.69) is 91.6 Å². The Morgan fingerprint density at radius 3 is 2.46 bits per heavy atom. The predicted molar refractivity (Wildman–Crippen MR) is 196 cm³/mol. The first-order valence-electron chi connectivity index (χ1n) is 18.4. The smallest absolute Gasteiger partial charge is 0.330 e. The van der Waals surface area contributed by atoms with E-state index in [1.165, 1.54) is 55.6 Å². The summed E-state index contributed by atoms with van der Waals surface area (Å²) in [6.07, 6.45) is 16.1. The van der Waals surface area contributed by atoms with Crippen LogP contribution in [-0.4, -0.2) is 38.5 Å². The molecule has 5 heteroatoms. The average molecular weight is 652 g/mol. The van der Waals surface area contributed by atoms with Gasteiger partial charge in [-0.2, -0.15) is 0 Å². The van der Waals surface area contributed by atoms with Crippen LogP contribution in [0.4, 0.5) is 0 Å². The number of aliphatic hydroxyl groups excluding tert-OH is 1. The number of allylic oxidation sites excluding steroid dienone is 3. The van der Waals surface area contributed by atoms with Gasteiger partial charge in [0.05, 0.1) is 22.8 Å². The number of aliphatic hydroxyl groups is 1. The highest BCUT2D eigenvalue weighted by Crippen LogP contribution is 2.70. The van der Waals surface area contributed by atoms with Crippen LogP contribution >= 0.6 is 0 Å². The van der Waals surface area contributed by atoms with E-state index in [0.29, 0.717) is 23.8 Å². The molecule has 5 aliphatic rings. The van der Waals surface area contributed by atoms with E-state index in [1.54, 1.807) is 6.92 Å². The molecule has 2 aromatic rings. The van der Waals surface area contributed by atoms with E-state index < -0.39 is 5.97 Å². The molecule has 258 valence electrons. The molecule has 0 bridgehead atoms. The first kappa shape index (κ1) is 33.6. The van der Waals surface area contributed by atoms with Crippen molar-refractivity contribution in [1.82, 2.24) is 4.98 Å². The van der Waals surface area contributed by atoms with E-state index in [-0.39, 0.29) is 33.6 Å². The molecule has 0 amide bonds. The van der Waals surface area contributed by atoms with Crippen LogP contribution in [0.5, 0.6) is 0 Å². The number of fused-ring (bicyclic) bond motifs is 10. The van der Waals surface area contributed by atoms with Crippen molar-refractivity contribution in [3.63, 3.8) is 0 Å². The van der Waals surface area contributed by atoms with Gasteiger partial charge >= 0.3 is 5.97 Å². The maximum atomic E-state index is 11.6. The molecule has 2 saturated carbocycles. The minimum atomic E-state index is -0.860. The van der Waals surface area contributed by atoms with Crippen molar-refractivity contribution in [2.45, 2.75) is 143 Å². The van der Waals surface area contributed by atoms with Crippen molar-refractivity contribution >= 4 is 28.5 Å². The van der Waals surface area contributed by atoms with Gasteiger partial charge in [-0.05, 0) is 174 Å². The van der Waals surface area contributed by atoms with Gasteiger partial charge in [-0.1, -0.05) is 38.5 Å². The van der Waals surface area contributed by atoms with Gasteiger partial charge in [-0.15, -0.1) is 0 Å². The van der Waals surface area contributed by atoms with Crippen molar-refractivity contribution in [1.29, 1.82) is 0 Å². The molecule has 3 N–H and O–H groups in total. The lowest BCUT2D eigenvalue weighted by atomic mass is 9.40. The van der Waals surface area contributed by atoms with Crippen molar-refractivity contribution < 1.29 is 19.7 Å². The quantitative estimate of drug-likeness (QED) is 0.215. The second kappa shape index (κ2) is 10.8. The number of H-pyrrole nitrogens is 1. The lowest BCUT2D eigenvalue weighted by Crippen LogP contribution is -2.62. The molecule has 0 unspecified atom stereocenters. The number of hydrogen-bond donors (Lipinski definition) is 3. The van der Waals surface area contributed by atoms with E-state index in [4.69, 9.17) is 4.74 Å². The van der Waals surface area contributed by atoms with Gasteiger partial charge in [0.25, 0.3) is 0 Å². The third-order valence-electron chi connectivity index (χ3n) is 14.1. The number of carboxylic acid groups (broad SMARTS) is 1. The number of carbonyl (C=O) groups is 1. The highest BCUT2D eigenvalue weighted by molar-refractivity contribution is 6.04. The van der Waals surface area contributed by atoms with E-state index >= 15 is 0 Å². The van der Waals surface area contributed by atoms with Gasteiger partial charge < -0.3 is 19.9 Å². The molecule has 0 saturated heterocycles. The predicted octanol–water partition coefficient (Wildman–Crippen LogP) is 9.86. The molecule has 2 heterocycles. The summed E-state index contributed by atoms with van der Waals surface area (Å²) in [5.74, 6) is 0.0476. The molecule has 0 radical (unpaired) electrons. The molecule has 1 aromatic carbocycles. The SMILES string of the molecule is CC(C)=CCc1c2c(cc3c4c([nH]c13)[C@@]1(C)[C@@H](CC[C@H]3[C@](C)(CC/C=C(/C)C(=O)O)[C@@H](O)CC[C@@]31C)C4)C1=CC(C)(C)OC(C)(C)C1=C2. The fourth-order valence-electron chi connectivity index (χ4n) is 11.5. The van der Waals surface area contributed by atoms with Crippen molar-refractivity contribution in [3.8, 4) is 0 Å². The number of nitrogens with one attached hydrogen (secondary N) is 1. The summed E-state index contributed by atoms with van der Waals surface area (Å²) in [6, 6.07) is 2.51. The maximum Gasteiger partial charge on any atom is 0.330 e. The molecule has 2 fully saturated rings. The number of benzene rings is 1. The summed E-state index contributed by atoms with van der Waals surface area (Å²) in [7, 11) is 0. The Balaban J connectivity index is 1.38. The molecular weight excluding hydrogens is 594 g/mol. The molecule has 6 atom stereocenters. The van der Waals surface area contributed by atoms with E-state index in [0.717, 1.165) is 44.9 Å². The Bertz CT molecular complexity index is 1840. The van der Waals surface area contributed by atoms with Crippen LogP contribution in [-0.2, 0) is 27.8 Å². The van der Waals surface area contributed by atoms with Gasteiger partial charge in [0.1, 0.15) is 0 Å². The number of aromatic amines is 1. The summed E-state index contributed by atoms with van der Waals surface area (Å²) in [6.45, 7) is 22.2. The number of carboxylic acids is 1. The summed E-state index contributed by atoms with van der Waals surface area (Å²) >= 11 is 0. The van der Waals surface area contributed by atoms with Gasteiger partial charge in [0.2, 0.25) is 0 Å². The molecular formula is C43H57NO4. The number of hydrogen-bond acceptors (Lipinski definition) is 3. The minimum absolute atomic E-state index is 0.00867. The molecule has 7 rings (SSSR count). The normalized spacial score (nSPS) is 34.4. The zero-order valence-electron chi connectivity index (χ0n) is 31.0. The second-order valence-corrected chi connectivity index (χ2v) is 18.0. The second-order valence-electron chi connectivity index (χ2n) is 18.0. The van der Waals surface area contributed by atoms with Gasteiger partial charge in [0.15, 0.2) is 0 Å². The first-order chi connectivity index (χ1) is 22.3. The van der Waals surface area contributed by atoms with Crippen LogP contribution in [0.3, 0.4) is 0 Å². The monoisotopic (exact) mass is 651 g/mol. The topological polar surface area (TPSA) is 82.6 Å². The molecule has 0 spiro atoms. The van der Waals surface area contributed by atoms with Gasteiger partial charge in [0, 0.05) is 22.1 Å². The van der Waals surface area contributed by atoms with E-state index in [1.807, 2.05) is 6.08 Å². The largest absolute Gasteiger partial charge is 0.478 e.